The number of rotatable bonds is 3. The summed E-state index contributed by atoms with van der Waals surface area (Å²) < 4.78 is 5.01. The fourth-order valence-electron chi connectivity index (χ4n) is 1.77. The molecule has 0 saturated carbocycles. The van der Waals surface area contributed by atoms with Crippen LogP contribution in [-0.2, 0) is 0 Å². The van der Waals surface area contributed by atoms with Gasteiger partial charge in [0.25, 0.3) is 0 Å². The summed E-state index contributed by atoms with van der Waals surface area (Å²) in [4.78, 5) is 12.3. The molecule has 4 N–H and O–H groups in total. The van der Waals surface area contributed by atoms with Gasteiger partial charge in [-0.05, 0) is 30.3 Å². The molecule has 0 heterocycles. The van der Waals surface area contributed by atoms with Gasteiger partial charge in [0.1, 0.15) is 11.5 Å². The normalized spacial score (nSPS) is 10.2. The minimum Gasteiger partial charge on any atom is -0.508 e. The van der Waals surface area contributed by atoms with Crippen LogP contribution >= 0.6 is 0 Å². The zero-order valence-corrected chi connectivity index (χ0v) is 10.5. The third kappa shape index (κ3) is 2.18. The molecule has 0 aliphatic rings. The summed E-state index contributed by atoms with van der Waals surface area (Å²) in [5.74, 6) is -2.65. The number of hydrogen-bond donors (Lipinski definition) is 4. The van der Waals surface area contributed by atoms with E-state index < -0.39 is 23.0 Å². The molecule has 0 spiro atoms. The number of carbonyl (C=O) groups excluding carboxylic acids is 1. The molecule has 0 aliphatic heterocycles. The Morgan fingerprint density at radius 3 is 2.30 bits per heavy atom. The zero-order valence-electron chi connectivity index (χ0n) is 10.5. The van der Waals surface area contributed by atoms with Crippen molar-refractivity contribution < 1.29 is 30.0 Å². The minimum absolute atomic E-state index is 0.0212. The Kier molecular flexibility index (Phi) is 3.39. The standard InChI is InChI=1S/C14H12O6/c1-20-11-5-2-7(15)6-9(11)12(17)8-3-4-10(16)14(19)13(8)18/h2-6,15-16,18-19H,1H3. The number of benzene rings is 2. The third-order valence-corrected chi connectivity index (χ3v) is 2.80. The Morgan fingerprint density at radius 2 is 1.65 bits per heavy atom. The number of phenols is 4. The highest BCUT2D eigenvalue weighted by molar-refractivity contribution is 6.13. The number of aromatic hydroxyl groups is 4. The van der Waals surface area contributed by atoms with Gasteiger partial charge in [-0.15, -0.1) is 0 Å². The first-order valence-electron chi connectivity index (χ1n) is 5.61. The van der Waals surface area contributed by atoms with Gasteiger partial charge < -0.3 is 25.2 Å². The maximum Gasteiger partial charge on any atom is 0.201 e. The summed E-state index contributed by atoms with van der Waals surface area (Å²) >= 11 is 0. The Bertz CT molecular complexity index is 678. The van der Waals surface area contributed by atoms with E-state index in [1.807, 2.05) is 0 Å². The maximum atomic E-state index is 12.3. The second-order valence-corrected chi connectivity index (χ2v) is 4.04. The van der Waals surface area contributed by atoms with Crippen LogP contribution in [0.25, 0.3) is 0 Å². The van der Waals surface area contributed by atoms with E-state index in [4.69, 9.17) is 4.74 Å². The highest BCUT2D eigenvalue weighted by Crippen LogP contribution is 2.39. The molecule has 0 saturated heterocycles. The van der Waals surface area contributed by atoms with Gasteiger partial charge in [-0.25, -0.2) is 0 Å². The van der Waals surface area contributed by atoms with Crippen molar-refractivity contribution in [3.63, 3.8) is 0 Å². The molecule has 0 fully saturated rings. The van der Waals surface area contributed by atoms with Crippen molar-refractivity contribution in [3.8, 4) is 28.7 Å². The summed E-state index contributed by atoms with van der Waals surface area (Å²) in [7, 11) is 1.36. The second-order valence-electron chi connectivity index (χ2n) is 4.04. The molecule has 0 aliphatic carbocycles. The molecule has 2 rings (SSSR count). The predicted molar refractivity (Wildman–Crippen MR) is 69.5 cm³/mol. The quantitative estimate of drug-likeness (QED) is 0.502. The van der Waals surface area contributed by atoms with E-state index in [0.29, 0.717) is 0 Å². The van der Waals surface area contributed by atoms with Crippen LogP contribution in [-0.4, -0.2) is 33.3 Å². The van der Waals surface area contributed by atoms with Crippen molar-refractivity contribution in [2.24, 2.45) is 0 Å². The average molecular weight is 276 g/mol. The van der Waals surface area contributed by atoms with Crippen LogP contribution in [0.15, 0.2) is 30.3 Å². The number of hydrogen-bond acceptors (Lipinski definition) is 6. The molecule has 2 aromatic rings. The molecule has 6 nitrogen and oxygen atoms in total. The highest BCUT2D eigenvalue weighted by Gasteiger charge is 2.21. The smallest absolute Gasteiger partial charge is 0.201 e. The van der Waals surface area contributed by atoms with Crippen molar-refractivity contribution in [1.82, 2.24) is 0 Å². The summed E-state index contributed by atoms with van der Waals surface area (Å²) in [5.41, 5.74) is -0.197. The van der Waals surface area contributed by atoms with Crippen molar-refractivity contribution in [2.45, 2.75) is 0 Å². The molecule has 2 aromatic carbocycles. The molecule has 20 heavy (non-hydrogen) atoms. The second kappa shape index (κ2) is 5.00. The van der Waals surface area contributed by atoms with Crippen molar-refractivity contribution in [3.05, 3.63) is 41.5 Å². The first kappa shape index (κ1) is 13.5. The van der Waals surface area contributed by atoms with Gasteiger partial charge in [-0.2, -0.15) is 0 Å². The first-order chi connectivity index (χ1) is 9.45. The highest BCUT2D eigenvalue weighted by atomic mass is 16.5. The molecule has 0 radical (unpaired) electrons. The summed E-state index contributed by atoms with van der Waals surface area (Å²) in [5, 5.41) is 37.8. The Balaban J connectivity index is 2.57. The van der Waals surface area contributed by atoms with Crippen LogP contribution in [0.5, 0.6) is 28.7 Å². The summed E-state index contributed by atoms with van der Waals surface area (Å²) in [6.45, 7) is 0. The fraction of sp³-hybridized carbons (Fsp3) is 0.0714. The largest absolute Gasteiger partial charge is 0.508 e. The van der Waals surface area contributed by atoms with Crippen molar-refractivity contribution >= 4 is 5.78 Å². The zero-order chi connectivity index (χ0) is 14.9. The molecule has 0 atom stereocenters. The lowest BCUT2D eigenvalue weighted by Crippen LogP contribution is -2.04. The van der Waals surface area contributed by atoms with Gasteiger partial charge in [0, 0.05) is 0 Å². The van der Waals surface area contributed by atoms with Gasteiger partial charge in [0.2, 0.25) is 11.5 Å². The molecule has 0 bridgehead atoms. The van der Waals surface area contributed by atoms with Gasteiger partial charge in [0.05, 0.1) is 18.2 Å². The number of phenolic OH excluding ortho intramolecular Hbond substituents is 4. The van der Waals surface area contributed by atoms with Crippen LogP contribution in [0.1, 0.15) is 15.9 Å². The van der Waals surface area contributed by atoms with Gasteiger partial charge in [-0.1, -0.05) is 0 Å². The van der Waals surface area contributed by atoms with Gasteiger partial charge in [-0.3, -0.25) is 4.79 Å². The minimum atomic E-state index is -0.782. The monoisotopic (exact) mass is 276 g/mol. The number of ketones is 1. The SMILES string of the molecule is COc1ccc(O)cc1C(=O)c1ccc(O)c(O)c1O. The topological polar surface area (TPSA) is 107 Å². The molecule has 0 unspecified atom stereocenters. The molecule has 104 valence electrons. The van der Waals surface area contributed by atoms with Gasteiger partial charge >= 0.3 is 0 Å². The van der Waals surface area contributed by atoms with E-state index in [-0.39, 0.29) is 22.6 Å². The third-order valence-electron chi connectivity index (χ3n) is 2.80. The van der Waals surface area contributed by atoms with E-state index in [9.17, 15) is 25.2 Å². The van der Waals surface area contributed by atoms with Crippen LogP contribution in [0.4, 0.5) is 0 Å². The lowest BCUT2D eigenvalue weighted by Gasteiger charge is -2.10. The number of methoxy groups -OCH3 is 1. The fourth-order valence-corrected chi connectivity index (χ4v) is 1.77. The Morgan fingerprint density at radius 1 is 0.950 bits per heavy atom. The molecule has 0 amide bonds. The summed E-state index contributed by atoms with van der Waals surface area (Å²) in [6, 6.07) is 6.18. The Hall–Kier alpha value is -2.89. The predicted octanol–water partition coefficient (Wildman–Crippen LogP) is 1.75. The lowest BCUT2D eigenvalue weighted by molar-refractivity contribution is 0.103. The van der Waals surface area contributed by atoms with Gasteiger partial charge in [0.15, 0.2) is 11.5 Å². The van der Waals surface area contributed by atoms with E-state index in [1.165, 1.54) is 25.3 Å². The number of carbonyl (C=O) groups is 1. The maximum absolute atomic E-state index is 12.3. The van der Waals surface area contributed by atoms with E-state index >= 15 is 0 Å². The van der Waals surface area contributed by atoms with Crippen molar-refractivity contribution in [2.75, 3.05) is 7.11 Å². The van der Waals surface area contributed by atoms with Crippen molar-refractivity contribution in [1.29, 1.82) is 0 Å². The van der Waals surface area contributed by atoms with E-state index in [0.717, 1.165) is 12.1 Å². The van der Waals surface area contributed by atoms with E-state index in [1.54, 1.807) is 0 Å². The van der Waals surface area contributed by atoms with Crippen LogP contribution in [0, 0.1) is 0 Å². The van der Waals surface area contributed by atoms with Crippen LogP contribution < -0.4 is 4.74 Å². The molecular weight excluding hydrogens is 264 g/mol. The van der Waals surface area contributed by atoms with Crippen LogP contribution in [0.2, 0.25) is 0 Å². The first-order valence-corrected chi connectivity index (χ1v) is 5.61. The van der Waals surface area contributed by atoms with E-state index in [2.05, 4.69) is 0 Å². The molecular formula is C14H12O6. The number of ether oxygens (including phenoxy) is 1. The molecule has 6 heteroatoms. The van der Waals surface area contributed by atoms with Crippen LogP contribution in [0.3, 0.4) is 0 Å². The molecule has 0 aromatic heterocycles. The Labute approximate surface area is 114 Å². The average Bonchev–Trinajstić information content (AvgIpc) is 2.44. The summed E-state index contributed by atoms with van der Waals surface area (Å²) in [6.07, 6.45) is 0. The lowest BCUT2D eigenvalue weighted by atomic mass is 10.0.